The van der Waals surface area contributed by atoms with Crippen LogP contribution in [0.5, 0.6) is 0 Å². The van der Waals surface area contributed by atoms with E-state index in [1.807, 2.05) is 41.1 Å². The molecule has 0 spiro atoms. The minimum absolute atomic E-state index is 0.139. The Labute approximate surface area is 182 Å². The van der Waals surface area contributed by atoms with Gasteiger partial charge in [0.1, 0.15) is 0 Å². The molecule has 1 aliphatic heterocycles. The fourth-order valence-corrected chi connectivity index (χ4v) is 3.59. The second-order valence-electron chi connectivity index (χ2n) is 7.09. The van der Waals surface area contributed by atoms with Crippen molar-refractivity contribution < 1.29 is 4.79 Å². The van der Waals surface area contributed by atoms with Crippen LogP contribution in [0.25, 0.3) is 0 Å². The molecule has 0 atom stereocenters. The lowest BCUT2D eigenvalue weighted by atomic mass is 10.2. The number of hydrogen-bond acceptors (Lipinski definition) is 5. The SMILES string of the molecule is CN=C(NCCC(=O)N1CCN(c2ncccn2)CC1)N(C)Cc1ccccc1Cl. The van der Waals surface area contributed by atoms with Crippen LogP contribution in [0.1, 0.15) is 12.0 Å². The van der Waals surface area contributed by atoms with Gasteiger partial charge in [0.25, 0.3) is 0 Å². The molecule has 1 amide bonds. The molecule has 1 saturated heterocycles. The van der Waals surface area contributed by atoms with Gasteiger partial charge in [-0.15, -0.1) is 0 Å². The first-order valence-electron chi connectivity index (χ1n) is 10.0. The largest absolute Gasteiger partial charge is 0.356 e. The maximum atomic E-state index is 12.6. The van der Waals surface area contributed by atoms with Crippen molar-refractivity contribution in [1.29, 1.82) is 0 Å². The summed E-state index contributed by atoms with van der Waals surface area (Å²) >= 11 is 6.25. The smallest absolute Gasteiger partial charge is 0.225 e. The van der Waals surface area contributed by atoms with E-state index in [1.54, 1.807) is 25.5 Å². The van der Waals surface area contributed by atoms with Gasteiger partial charge in [-0.05, 0) is 17.7 Å². The number of hydrogen-bond donors (Lipinski definition) is 1. The van der Waals surface area contributed by atoms with Gasteiger partial charge in [-0.2, -0.15) is 0 Å². The lowest BCUT2D eigenvalue weighted by Crippen LogP contribution is -2.50. The third-order valence-electron chi connectivity index (χ3n) is 5.03. The first-order chi connectivity index (χ1) is 14.6. The van der Waals surface area contributed by atoms with Crippen LogP contribution in [0.2, 0.25) is 5.02 Å². The molecule has 1 N–H and O–H groups in total. The number of nitrogens with one attached hydrogen (secondary N) is 1. The predicted octanol–water partition coefficient (Wildman–Crippen LogP) is 1.88. The molecule has 160 valence electrons. The van der Waals surface area contributed by atoms with Gasteiger partial charge < -0.3 is 20.0 Å². The number of carbonyl (C=O) groups is 1. The minimum Gasteiger partial charge on any atom is -0.356 e. The van der Waals surface area contributed by atoms with Gasteiger partial charge in [0.2, 0.25) is 11.9 Å². The zero-order valence-corrected chi connectivity index (χ0v) is 18.2. The predicted molar refractivity (Wildman–Crippen MR) is 120 cm³/mol. The van der Waals surface area contributed by atoms with Gasteiger partial charge >= 0.3 is 0 Å². The molecule has 2 heterocycles. The zero-order chi connectivity index (χ0) is 21.3. The Morgan fingerprint density at radius 2 is 1.87 bits per heavy atom. The molecular formula is C21H28ClN7O. The molecule has 1 aliphatic rings. The number of guanidine groups is 1. The fourth-order valence-electron chi connectivity index (χ4n) is 3.39. The van der Waals surface area contributed by atoms with E-state index < -0.39 is 0 Å². The van der Waals surface area contributed by atoms with Crippen LogP contribution in [-0.4, -0.2) is 78.5 Å². The van der Waals surface area contributed by atoms with Crippen molar-refractivity contribution in [2.75, 3.05) is 51.7 Å². The van der Waals surface area contributed by atoms with E-state index in [-0.39, 0.29) is 5.91 Å². The summed E-state index contributed by atoms with van der Waals surface area (Å²) in [4.78, 5) is 31.4. The number of anilines is 1. The number of amides is 1. The summed E-state index contributed by atoms with van der Waals surface area (Å²) < 4.78 is 0. The number of halogens is 1. The Hall–Kier alpha value is -2.87. The number of rotatable bonds is 6. The summed E-state index contributed by atoms with van der Waals surface area (Å²) in [6.45, 7) is 4.00. The number of benzene rings is 1. The molecule has 0 saturated carbocycles. The number of nitrogens with zero attached hydrogens (tertiary/aromatic N) is 6. The van der Waals surface area contributed by atoms with Crippen LogP contribution < -0.4 is 10.2 Å². The monoisotopic (exact) mass is 429 g/mol. The lowest BCUT2D eigenvalue weighted by Gasteiger charge is -2.34. The average molecular weight is 430 g/mol. The highest BCUT2D eigenvalue weighted by atomic mass is 35.5. The van der Waals surface area contributed by atoms with E-state index >= 15 is 0 Å². The zero-order valence-electron chi connectivity index (χ0n) is 17.5. The summed E-state index contributed by atoms with van der Waals surface area (Å²) in [5.41, 5.74) is 1.03. The fraction of sp³-hybridized carbons (Fsp3) is 0.429. The van der Waals surface area contributed by atoms with Crippen molar-refractivity contribution in [3.05, 3.63) is 53.3 Å². The van der Waals surface area contributed by atoms with Crippen LogP contribution >= 0.6 is 11.6 Å². The topological polar surface area (TPSA) is 77.0 Å². The van der Waals surface area contributed by atoms with Crippen LogP contribution in [0, 0.1) is 0 Å². The van der Waals surface area contributed by atoms with Crippen LogP contribution in [-0.2, 0) is 11.3 Å². The molecule has 1 aromatic heterocycles. The third-order valence-corrected chi connectivity index (χ3v) is 5.40. The van der Waals surface area contributed by atoms with E-state index in [0.717, 1.165) is 35.6 Å². The maximum absolute atomic E-state index is 12.6. The maximum Gasteiger partial charge on any atom is 0.225 e. The second-order valence-corrected chi connectivity index (χ2v) is 7.50. The standard InChI is InChI=1S/C21H28ClN7O/c1-23-20(27(2)16-17-6-3-4-7-18(17)22)26-11-8-19(30)28-12-14-29(15-13-28)21-24-9-5-10-25-21/h3-7,9-10H,8,11-16H2,1-2H3,(H,23,26). The van der Waals surface area contributed by atoms with Crippen molar-refractivity contribution in [1.82, 2.24) is 25.1 Å². The molecule has 30 heavy (non-hydrogen) atoms. The van der Waals surface area contributed by atoms with Crippen molar-refractivity contribution in [2.45, 2.75) is 13.0 Å². The lowest BCUT2D eigenvalue weighted by molar-refractivity contribution is -0.131. The van der Waals surface area contributed by atoms with E-state index in [0.29, 0.717) is 32.6 Å². The Bertz CT molecular complexity index is 853. The van der Waals surface area contributed by atoms with E-state index in [2.05, 4.69) is 25.2 Å². The normalized spacial score (nSPS) is 14.6. The molecular weight excluding hydrogens is 402 g/mol. The first kappa shape index (κ1) is 21.8. The van der Waals surface area contributed by atoms with E-state index in [4.69, 9.17) is 11.6 Å². The average Bonchev–Trinajstić information content (AvgIpc) is 2.79. The van der Waals surface area contributed by atoms with Crippen molar-refractivity contribution in [2.24, 2.45) is 4.99 Å². The Balaban J connectivity index is 1.42. The molecule has 9 heteroatoms. The molecule has 0 aliphatic carbocycles. The van der Waals surface area contributed by atoms with Gasteiger partial charge in [0.05, 0.1) is 0 Å². The van der Waals surface area contributed by atoms with Crippen molar-refractivity contribution in [3.8, 4) is 0 Å². The Kier molecular flexibility index (Phi) is 7.84. The van der Waals surface area contributed by atoms with E-state index in [1.165, 1.54) is 0 Å². The van der Waals surface area contributed by atoms with Crippen molar-refractivity contribution in [3.63, 3.8) is 0 Å². The number of carbonyl (C=O) groups excluding carboxylic acids is 1. The van der Waals surface area contributed by atoms with Gasteiger partial charge in [0.15, 0.2) is 5.96 Å². The van der Waals surface area contributed by atoms with E-state index in [9.17, 15) is 4.79 Å². The second kappa shape index (κ2) is 10.8. The molecule has 2 aromatic rings. The highest BCUT2D eigenvalue weighted by Gasteiger charge is 2.22. The number of aromatic nitrogens is 2. The number of piperazine rings is 1. The summed E-state index contributed by atoms with van der Waals surface area (Å²) in [5, 5.41) is 4.00. The molecule has 0 bridgehead atoms. The molecule has 0 unspecified atom stereocenters. The van der Waals surface area contributed by atoms with Gasteiger partial charge in [-0.25, -0.2) is 9.97 Å². The summed E-state index contributed by atoms with van der Waals surface area (Å²) in [7, 11) is 3.68. The highest BCUT2D eigenvalue weighted by Crippen LogP contribution is 2.16. The Morgan fingerprint density at radius 1 is 1.17 bits per heavy atom. The van der Waals surface area contributed by atoms with Crippen molar-refractivity contribution >= 4 is 29.4 Å². The summed E-state index contributed by atoms with van der Waals surface area (Å²) in [5.74, 6) is 1.59. The van der Waals surface area contributed by atoms with Crippen LogP contribution in [0.4, 0.5) is 5.95 Å². The van der Waals surface area contributed by atoms with Gasteiger partial charge in [-0.3, -0.25) is 9.79 Å². The number of aliphatic imine (C=N–C) groups is 1. The highest BCUT2D eigenvalue weighted by molar-refractivity contribution is 6.31. The van der Waals surface area contributed by atoms with Gasteiger partial charge in [-0.1, -0.05) is 29.8 Å². The Morgan fingerprint density at radius 3 is 2.53 bits per heavy atom. The third kappa shape index (κ3) is 5.82. The molecule has 1 fully saturated rings. The quantitative estimate of drug-likeness (QED) is 0.558. The molecule has 0 radical (unpaired) electrons. The summed E-state index contributed by atoms with van der Waals surface area (Å²) in [6, 6.07) is 9.56. The van der Waals surface area contributed by atoms with Crippen LogP contribution in [0.3, 0.4) is 0 Å². The van der Waals surface area contributed by atoms with Crippen LogP contribution in [0.15, 0.2) is 47.7 Å². The first-order valence-corrected chi connectivity index (χ1v) is 10.4. The molecule has 8 nitrogen and oxygen atoms in total. The molecule has 3 rings (SSSR count). The summed E-state index contributed by atoms with van der Waals surface area (Å²) in [6.07, 6.45) is 3.89. The van der Waals surface area contributed by atoms with Gasteiger partial charge in [0, 0.05) is 77.2 Å². The molecule has 1 aromatic carbocycles. The minimum atomic E-state index is 0.139.